The lowest BCUT2D eigenvalue weighted by molar-refractivity contribution is -0.116. The Morgan fingerprint density at radius 3 is 3.04 bits per heavy atom. The lowest BCUT2D eigenvalue weighted by Crippen LogP contribution is -2.26. The van der Waals surface area contributed by atoms with E-state index in [1.54, 1.807) is 24.5 Å². The molecule has 2 aliphatic carbocycles. The normalized spacial score (nSPS) is 31.0. The Morgan fingerprint density at radius 1 is 1.32 bits per heavy atom. The molecule has 6 rings (SSSR count). The molecular weight excluding hydrogens is 312 g/mol. The number of pyridine rings is 2. The summed E-state index contributed by atoms with van der Waals surface area (Å²) in [6, 6.07) is 10.5. The van der Waals surface area contributed by atoms with Crippen molar-refractivity contribution in [1.82, 2.24) is 15.3 Å². The molecule has 4 atom stereocenters. The molecular formula is C20H20N4O. The van der Waals surface area contributed by atoms with E-state index in [0.717, 1.165) is 42.7 Å². The van der Waals surface area contributed by atoms with Crippen LogP contribution < -0.4 is 10.2 Å². The van der Waals surface area contributed by atoms with Crippen LogP contribution in [0.15, 0.2) is 55.0 Å². The van der Waals surface area contributed by atoms with Crippen molar-refractivity contribution >= 4 is 17.8 Å². The molecule has 4 fully saturated rings. The predicted molar refractivity (Wildman–Crippen MR) is 95.7 cm³/mol. The Labute approximate surface area is 146 Å². The van der Waals surface area contributed by atoms with E-state index >= 15 is 0 Å². The molecule has 5 nitrogen and oxygen atoms in total. The van der Waals surface area contributed by atoms with Crippen LogP contribution in [-0.2, 0) is 4.79 Å². The molecule has 2 aromatic heterocycles. The summed E-state index contributed by atoms with van der Waals surface area (Å²) in [6.07, 6.45) is 9.78. The van der Waals surface area contributed by atoms with Gasteiger partial charge < -0.3 is 10.2 Å². The number of amides is 1. The van der Waals surface area contributed by atoms with Crippen molar-refractivity contribution in [2.24, 2.45) is 17.3 Å². The third-order valence-corrected chi connectivity index (χ3v) is 6.06. The fourth-order valence-corrected chi connectivity index (χ4v) is 4.82. The van der Waals surface area contributed by atoms with Crippen molar-refractivity contribution in [3.63, 3.8) is 0 Å². The number of rotatable bonds is 6. The van der Waals surface area contributed by atoms with Gasteiger partial charge in [-0.1, -0.05) is 12.1 Å². The van der Waals surface area contributed by atoms with Crippen LogP contribution in [-0.4, -0.2) is 35.0 Å². The van der Waals surface area contributed by atoms with Crippen LogP contribution in [0.5, 0.6) is 0 Å². The summed E-state index contributed by atoms with van der Waals surface area (Å²) in [5.74, 6) is 2.70. The van der Waals surface area contributed by atoms with Gasteiger partial charge in [0.15, 0.2) is 0 Å². The van der Waals surface area contributed by atoms with Crippen molar-refractivity contribution in [2.75, 3.05) is 18.0 Å². The molecule has 4 aliphatic rings. The molecule has 0 aromatic carbocycles. The molecule has 2 saturated heterocycles. The highest BCUT2D eigenvalue weighted by Gasteiger charge is 2.91. The largest absolute Gasteiger partial charge is 0.353 e. The third-order valence-electron chi connectivity index (χ3n) is 6.06. The fraction of sp³-hybridized carbons (Fsp3) is 0.350. The van der Waals surface area contributed by atoms with Crippen molar-refractivity contribution in [3.8, 4) is 0 Å². The minimum Gasteiger partial charge on any atom is -0.353 e. The highest BCUT2D eigenvalue weighted by molar-refractivity contribution is 5.91. The van der Waals surface area contributed by atoms with Gasteiger partial charge in [-0.05, 0) is 48.1 Å². The molecule has 25 heavy (non-hydrogen) atoms. The van der Waals surface area contributed by atoms with E-state index in [9.17, 15) is 4.79 Å². The van der Waals surface area contributed by atoms with Crippen LogP contribution in [0.25, 0.3) is 6.08 Å². The first-order chi connectivity index (χ1) is 12.3. The molecule has 2 saturated carbocycles. The average molecular weight is 332 g/mol. The van der Waals surface area contributed by atoms with E-state index in [1.807, 2.05) is 24.4 Å². The highest BCUT2D eigenvalue weighted by Crippen LogP contribution is 2.87. The Morgan fingerprint density at radius 2 is 2.28 bits per heavy atom. The summed E-state index contributed by atoms with van der Waals surface area (Å²) in [4.78, 5) is 22.9. The quantitative estimate of drug-likeness (QED) is 0.824. The second-order valence-corrected chi connectivity index (χ2v) is 7.19. The summed E-state index contributed by atoms with van der Waals surface area (Å²) >= 11 is 0. The van der Waals surface area contributed by atoms with Gasteiger partial charge in [0.05, 0.1) is 0 Å². The molecule has 4 heterocycles. The van der Waals surface area contributed by atoms with Crippen molar-refractivity contribution in [1.29, 1.82) is 0 Å². The number of carbonyl (C=O) groups excluding carboxylic acids is 1. The second kappa shape index (κ2) is 5.41. The molecule has 126 valence electrons. The van der Waals surface area contributed by atoms with Gasteiger partial charge >= 0.3 is 0 Å². The van der Waals surface area contributed by atoms with E-state index < -0.39 is 0 Å². The molecule has 0 radical (unpaired) electrons. The topological polar surface area (TPSA) is 58.1 Å². The number of nitrogens with one attached hydrogen (secondary N) is 1. The van der Waals surface area contributed by atoms with Crippen molar-refractivity contribution < 1.29 is 4.79 Å². The van der Waals surface area contributed by atoms with Crippen LogP contribution in [0.4, 0.5) is 5.82 Å². The smallest absolute Gasteiger partial charge is 0.244 e. The van der Waals surface area contributed by atoms with Gasteiger partial charge in [-0.2, -0.15) is 0 Å². The first kappa shape index (κ1) is 14.6. The van der Waals surface area contributed by atoms with Crippen LogP contribution >= 0.6 is 0 Å². The maximum absolute atomic E-state index is 12.0. The Bertz CT molecular complexity index is 816. The van der Waals surface area contributed by atoms with E-state index in [2.05, 4.69) is 32.3 Å². The van der Waals surface area contributed by atoms with Gasteiger partial charge in [0, 0.05) is 49.2 Å². The van der Waals surface area contributed by atoms with Gasteiger partial charge in [0.2, 0.25) is 5.91 Å². The molecule has 2 aromatic rings. The summed E-state index contributed by atoms with van der Waals surface area (Å²) < 4.78 is 0. The van der Waals surface area contributed by atoms with Crippen LogP contribution in [0.1, 0.15) is 12.0 Å². The van der Waals surface area contributed by atoms with Gasteiger partial charge in [0.25, 0.3) is 0 Å². The molecule has 0 spiro atoms. The number of carbonyl (C=O) groups is 1. The maximum Gasteiger partial charge on any atom is 0.244 e. The Kier molecular flexibility index (Phi) is 3.17. The number of fused-ring (bicyclic) bond motifs is 1. The summed E-state index contributed by atoms with van der Waals surface area (Å²) in [5.41, 5.74) is 1.39. The van der Waals surface area contributed by atoms with Crippen LogP contribution in [0.2, 0.25) is 0 Å². The summed E-state index contributed by atoms with van der Waals surface area (Å²) in [7, 11) is 0. The van der Waals surface area contributed by atoms with E-state index in [1.165, 1.54) is 0 Å². The first-order valence-corrected chi connectivity index (χ1v) is 8.84. The second-order valence-electron chi connectivity index (χ2n) is 7.19. The molecule has 1 N–H and O–H groups in total. The molecule has 1 amide bonds. The lowest BCUT2D eigenvalue weighted by atomic mass is 10.0. The lowest BCUT2D eigenvalue weighted by Gasteiger charge is -2.17. The predicted octanol–water partition coefficient (Wildman–Crippen LogP) is 2.13. The zero-order valence-corrected chi connectivity index (χ0v) is 13.9. The number of hydrogen-bond donors (Lipinski definition) is 1. The monoisotopic (exact) mass is 332 g/mol. The minimum atomic E-state index is -0.0352. The maximum atomic E-state index is 12.0. The number of hydrogen-bond acceptors (Lipinski definition) is 4. The minimum absolute atomic E-state index is 0.0352. The van der Waals surface area contributed by atoms with E-state index in [-0.39, 0.29) is 5.91 Å². The molecule has 2 bridgehead atoms. The highest BCUT2D eigenvalue weighted by atomic mass is 16.1. The number of nitrogens with zero attached hydrogens (tertiary/aromatic N) is 3. The van der Waals surface area contributed by atoms with Crippen molar-refractivity contribution in [3.05, 3.63) is 60.6 Å². The van der Waals surface area contributed by atoms with E-state index in [0.29, 0.717) is 11.5 Å². The zero-order valence-electron chi connectivity index (χ0n) is 13.9. The summed E-state index contributed by atoms with van der Waals surface area (Å²) in [6.45, 7) is 1.87. The number of piperidine rings is 1. The fourth-order valence-electron chi connectivity index (χ4n) is 4.82. The number of aromatic nitrogens is 2. The van der Waals surface area contributed by atoms with Crippen LogP contribution in [0, 0.1) is 17.3 Å². The molecule has 0 unspecified atom stereocenters. The number of anilines is 1. The van der Waals surface area contributed by atoms with E-state index in [4.69, 9.17) is 0 Å². The SMILES string of the molecule is O=C(/C=C/c1cccnc1)NCC[C@@]12[C@@H]3[C@H]1CN(c1ccccn1)[C@@H]32. The van der Waals surface area contributed by atoms with Gasteiger partial charge in [-0.3, -0.25) is 9.78 Å². The first-order valence-electron chi connectivity index (χ1n) is 8.84. The van der Waals surface area contributed by atoms with Gasteiger partial charge in [-0.15, -0.1) is 0 Å². The molecule has 2 aliphatic heterocycles. The van der Waals surface area contributed by atoms with Gasteiger partial charge in [0.1, 0.15) is 5.82 Å². The molecule has 5 heteroatoms. The van der Waals surface area contributed by atoms with Crippen molar-refractivity contribution in [2.45, 2.75) is 12.5 Å². The Balaban J connectivity index is 1.12. The van der Waals surface area contributed by atoms with Gasteiger partial charge in [-0.25, -0.2) is 4.98 Å². The summed E-state index contributed by atoms with van der Waals surface area (Å²) in [5, 5.41) is 3.02. The van der Waals surface area contributed by atoms with Crippen LogP contribution in [0.3, 0.4) is 0 Å². The standard InChI is InChI=1S/C20H20N4O/c25-17(7-6-14-4-3-9-21-12-14)23-11-8-20-15-13-24(19(20)18(15)20)16-5-1-2-10-22-16/h1-7,9-10,12,15,18-19H,8,11,13H2,(H,23,25)/b7-6+/t15-,18-,19+,20+/m1/s1. The third kappa shape index (κ3) is 2.26. The Hall–Kier alpha value is -2.69. The zero-order chi connectivity index (χ0) is 16.9. The average Bonchev–Trinajstić information content (AvgIpc) is 3.35.